The van der Waals surface area contributed by atoms with Gasteiger partial charge in [0.2, 0.25) is 5.78 Å². The van der Waals surface area contributed by atoms with Gasteiger partial charge in [0.15, 0.2) is 6.61 Å². The van der Waals surface area contributed by atoms with Gasteiger partial charge in [-0.15, -0.1) is 0 Å². The van der Waals surface area contributed by atoms with Gasteiger partial charge in [0.1, 0.15) is 11.8 Å². The summed E-state index contributed by atoms with van der Waals surface area (Å²) in [6.07, 6.45) is -0.401. The van der Waals surface area contributed by atoms with Gasteiger partial charge in [-0.05, 0) is 18.6 Å². The van der Waals surface area contributed by atoms with Gasteiger partial charge >= 0.3 is 12.1 Å². The van der Waals surface area contributed by atoms with Gasteiger partial charge in [-0.2, -0.15) is 0 Å². The first kappa shape index (κ1) is 14.8. The fourth-order valence-corrected chi connectivity index (χ4v) is 2.03. The number of ketones is 1. The van der Waals surface area contributed by atoms with Gasteiger partial charge in [0, 0.05) is 6.54 Å². The zero-order valence-electron chi connectivity index (χ0n) is 11.4. The third-order valence-corrected chi connectivity index (χ3v) is 3.27. The van der Waals surface area contributed by atoms with E-state index in [1.54, 1.807) is 24.3 Å². The van der Waals surface area contributed by atoms with Crippen LogP contribution in [0.25, 0.3) is 0 Å². The maximum Gasteiger partial charge on any atom is 0.410 e. The summed E-state index contributed by atoms with van der Waals surface area (Å²) in [5.41, 5.74) is 0.311. The number of methoxy groups -OCH3 is 1. The minimum absolute atomic E-state index is 0.311. The predicted molar refractivity (Wildman–Crippen MR) is 71.4 cm³/mol. The molecule has 112 valence electrons. The second-order valence-electron chi connectivity index (χ2n) is 4.51. The normalized spacial score (nSPS) is 16.8. The van der Waals surface area contributed by atoms with Crippen LogP contribution in [-0.2, 0) is 9.53 Å². The van der Waals surface area contributed by atoms with Gasteiger partial charge < -0.3 is 14.6 Å². The third-order valence-electron chi connectivity index (χ3n) is 3.27. The summed E-state index contributed by atoms with van der Waals surface area (Å²) in [6, 6.07) is 5.73. The zero-order chi connectivity index (χ0) is 15.4. The van der Waals surface area contributed by atoms with Crippen LogP contribution in [0.1, 0.15) is 16.8 Å². The molecule has 0 aliphatic carbocycles. The molecule has 1 aliphatic rings. The second-order valence-corrected chi connectivity index (χ2v) is 4.51. The molecule has 1 aromatic carbocycles. The highest BCUT2D eigenvalue weighted by Gasteiger charge is 2.38. The van der Waals surface area contributed by atoms with Crippen LogP contribution < -0.4 is 4.74 Å². The molecule has 21 heavy (non-hydrogen) atoms. The molecule has 0 radical (unpaired) electrons. The van der Waals surface area contributed by atoms with E-state index in [4.69, 9.17) is 14.6 Å². The average Bonchev–Trinajstić information content (AvgIpc) is 2.42. The molecule has 1 unspecified atom stereocenters. The van der Waals surface area contributed by atoms with Gasteiger partial charge in [0.25, 0.3) is 0 Å². The van der Waals surface area contributed by atoms with E-state index in [9.17, 15) is 14.4 Å². The van der Waals surface area contributed by atoms with Crippen molar-refractivity contribution in [3.05, 3.63) is 29.8 Å². The van der Waals surface area contributed by atoms with Gasteiger partial charge in [-0.3, -0.25) is 9.69 Å². The van der Waals surface area contributed by atoms with Crippen molar-refractivity contribution < 1.29 is 29.0 Å². The van der Waals surface area contributed by atoms with Crippen LogP contribution in [0.5, 0.6) is 5.75 Å². The van der Waals surface area contributed by atoms with E-state index < -0.39 is 30.5 Å². The number of rotatable bonds is 5. The number of hydrogen-bond acceptors (Lipinski definition) is 5. The number of nitrogens with zero attached hydrogens (tertiary/aromatic N) is 1. The van der Waals surface area contributed by atoms with Crippen molar-refractivity contribution in [2.45, 2.75) is 12.5 Å². The summed E-state index contributed by atoms with van der Waals surface area (Å²) in [5, 5.41) is 8.84. The molecule has 0 saturated carbocycles. The summed E-state index contributed by atoms with van der Waals surface area (Å²) in [4.78, 5) is 35.6. The highest BCUT2D eigenvalue weighted by molar-refractivity contribution is 6.00. The molecule has 7 nitrogen and oxygen atoms in total. The number of para-hydroxylation sites is 1. The topological polar surface area (TPSA) is 93.1 Å². The summed E-state index contributed by atoms with van der Waals surface area (Å²) in [5.74, 6) is -1.09. The minimum Gasteiger partial charge on any atom is -0.496 e. The number of carbonyl (C=O) groups excluding carboxylic acids is 2. The molecule has 0 spiro atoms. The molecule has 1 aliphatic heterocycles. The van der Waals surface area contributed by atoms with Crippen LogP contribution in [0.3, 0.4) is 0 Å². The summed E-state index contributed by atoms with van der Waals surface area (Å²) < 4.78 is 9.91. The Hall–Kier alpha value is -2.57. The fraction of sp³-hybridized carbons (Fsp3) is 0.357. The van der Waals surface area contributed by atoms with Crippen molar-refractivity contribution >= 4 is 17.8 Å². The largest absolute Gasteiger partial charge is 0.496 e. The van der Waals surface area contributed by atoms with E-state index in [1.165, 1.54) is 7.11 Å². The number of carboxylic acids is 1. The van der Waals surface area contributed by atoms with Crippen LogP contribution in [-0.4, -0.2) is 54.2 Å². The van der Waals surface area contributed by atoms with Crippen molar-refractivity contribution in [3.63, 3.8) is 0 Å². The third kappa shape index (κ3) is 3.13. The molecule has 1 N–H and O–H groups in total. The number of amides is 1. The summed E-state index contributed by atoms with van der Waals surface area (Å²) >= 11 is 0. The lowest BCUT2D eigenvalue weighted by molar-refractivity contribution is -0.146. The molecule has 1 aromatic rings. The molecule has 1 amide bonds. The Kier molecular flexibility index (Phi) is 4.42. The average molecular weight is 293 g/mol. The SMILES string of the molecule is COc1ccccc1C(=O)COC(=O)N1CCC1C(=O)O. The lowest BCUT2D eigenvalue weighted by atomic mass is 10.1. The van der Waals surface area contributed by atoms with E-state index in [-0.39, 0.29) is 0 Å². The number of likely N-dealkylation sites (tertiary alicyclic amines) is 1. The molecule has 7 heteroatoms. The smallest absolute Gasteiger partial charge is 0.410 e. The van der Waals surface area contributed by atoms with Crippen molar-refractivity contribution in [3.8, 4) is 5.75 Å². The Morgan fingerprint density at radius 3 is 2.62 bits per heavy atom. The number of ether oxygens (including phenoxy) is 2. The molecular formula is C14H15NO6. The first-order chi connectivity index (χ1) is 10.0. The second kappa shape index (κ2) is 6.25. The van der Waals surface area contributed by atoms with Crippen molar-refractivity contribution in [1.29, 1.82) is 0 Å². The standard InChI is InChI=1S/C14H15NO6/c1-20-12-5-3-2-4-9(12)11(16)8-21-14(19)15-7-6-10(15)13(17)18/h2-5,10H,6-8H2,1H3,(H,17,18). The molecule has 1 atom stereocenters. The highest BCUT2D eigenvalue weighted by Crippen LogP contribution is 2.20. The van der Waals surface area contributed by atoms with Gasteiger partial charge in [0.05, 0.1) is 12.7 Å². The summed E-state index contributed by atoms with van der Waals surface area (Å²) in [7, 11) is 1.44. The Balaban J connectivity index is 1.92. The van der Waals surface area contributed by atoms with Crippen molar-refractivity contribution in [2.75, 3.05) is 20.3 Å². The number of benzene rings is 1. The minimum atomic E-state index is -1.07. The van der Waals surface area contributed by atoms with Crippen LogP contribution in [0.15, 0.2) is 24.3 Å². The van der Waals surface area contributed by atoms with Crippen LogP contribution in [0, 0.1) is 0 Å². The fourth-order valence-electron chi connectivity index (χ4n) is 2.03. The van der Waals surface area contributed by atoms with E-state index in [0.29, 0.717) is 24.3 Å². The lowest BCUT2D eigenvalue weighted by Crippen LogP contribution is -2.55. The Labute approximate surface area is 121 Å². The molecule has 1 heterocycles. The molecule has 1 saturated heterocycles. The first-order valence-electron chi connectivity index (χ1n) is 6.37. The van der Waals surface area contributed by atoms with Crippen LogP contribution in [0.2, 0.25) is 0 Å². The Morgan fingerprint density at radius 1 is 1.33 bits per heavy atom. The zero-order valence-corrected chi connectivity index (χ0v) is 11.4. The molecular weight excluding hydrogens is 278 g/mol. The van der Waals surface area contributed by atoms with Gasteiger partial charge in [-0.25, -0.2) is 9.59 Å². The van der Waals surface area contributed by atoms with E-state index in [0.717, 1.165) is 4.90 Å². The van der Waals surface area contributed by atoms with Crippen molar-refractivity contribution in [1.82, 2.24) is 4.90 Å². The number of Topliss-reactive ketones (excluding diaryl/α,β-unsaturated/α-hetero) is 1. The summed E-state index contributed by atoms with van der Waals surface area (Å²) in [6.45, 7) is -0.138. The number of carboxylic acid groups (broad SMARTS) is 1. The van der Waals surface area contributed by atoms with E-state index >= 15 is 0 Å². The highest BCUT2D eigenvalue weighted by atomic mass is 16.6. The molecule has 0 bridgehead atoms. The maximum absolute atomic E-state index is 12.0. The van der Waals surface area contributed by atoms with Crippen LogP contribution >= 0.6 is 0 Å². The van der Waals surface area contributed by atoms with E-state index in [1.807, 2.05) is 0 Å². The molecule has 1 fully saturated rings. The molecule has 0 aromatic heterocycles. The lowest BCUT2D eigenvalue weighted by Gasteiger charge is -2.36. The number of hydrogen-bond donors (Lipinski definition) is 1. The molecule has 2 rings (SSSR count). The van der Waals surface area contributed by atoms with Crippen LogP contribution in [0.4, 0.5) is 4.79 Å². The monoisotopic (exact) mass is 293 g/mol. The first-order valence-corrected chi connectivity index (χ1v) is 6.37. The Bertz CT molecular complexity index is 570. The number of carbonyl (C=O) groups is 3. The van der Waals surface area contributed by atoms with E-state index in [2.05, 4.69) is 0 Å². The Morgan fingerprint density at radius 2 is 2.05 bits per heavy atom. The number of aliphatic carboxylic acids is 1. The quantitative estimate of drug-likeness (QED) is 0.819. The maximum atomic E-state index is 12.0. The van der Waals surface area contributed by atoms with Gasteiger partial charge in [-0.1, -0.05) is 12.1 Å². The predicted octanol–water partition coefficient (Wildman–Crippen LogP) is 1.17. The van der Waals surface area contributed by atoms with Crippen molar-refractivity contribution in [2.24, 2.45) is 0 Å².